The number of hydrogen-bond donors (Lipinski definition) is 1. The van der Waals surface area contributed by atoms with Crippen molar-refractivity contribution in [1.29, 1.82) is 0 Å². The molecule has 0 fully saturated rings. The fourth-order valence-corrected chi connectivity index (χ4v) is 3.90. The number of sulfone groups is 1. The van der Waals surface area contributed by atoms with Gasteiger partial charge < -0.3 is 4.42 Å². The van der Waals surface area contributed by atoms with Crippen LogP contribution in [0.5, 0.6) is 0 Å². The summed E-state index contributed by atoms with van der Waals surface area (Å²) in [6.07, 6.45) is 0.0682. The van der Waals surface area contributed by atoms with Crippen molar-refractivity contribution in [2.45, 2.75) is 30.4 Å². The quantitative estimate of drug-likeness (QED) is 0.692. The maximum atomic E-state index is 12.1. The highest BCUT2D eigenvalue weighted by Crippen LogP contribution is 2.24. The first-order chi connectivity index (χ1) is 12.4. The normalized spacial score (nSPS) is 11.7. The van der Waals surface area contributed by atoms with Crippen LogP contribution in [-0.4, -0.2) is 29.8 Å². The lowest BCUT2D eigenvalue weighted by atomic mass is 10.1. The molecule has 1 N–H and O–H groups in total. The molecule has 3 aromatic rings. The Morgan fingerprint density at radius 2 is 1.92 bits per heavy atom. The molecule has 1 aromatic carbocycles. The number of nitrogens with zero attached hydrogens (tertiary/aromatic N) is 2. The summed E-state index contributed by atoms with van der Waals surface area (Å²) in [7, 11) is -3.32. The molecular formula is C17H17N3O4S2. The average Bonchev–Trinajstić information content (AvgIpc) is 3.26. The fourth-order valence-electron chi connectivity index (χ4n) is 2.19. The molecule has 7 nitrogen and oxygen atoms in total. The summed E-state index contributed by atoms with van der Waals surface area (Å²) in [5.41, 5.74) is 0.684. The zero-order chi connectivity index (χ0) is 18.7. The highest BCUT2D eigenvalue weighted by molar-refractivity contribution is 7.92. The number of amides is 1. The Bertz CT molecular complexity index is 991. The smallest absolute Gasteiger partial charge is 0.322 e. The number of nitrogens with one attached hydrogen (secondary N) is 1. The Kier molecular flexibility index (Phi) is 5.19. The molecule has 26 heavy (non-hydrogen) atoms. The Labute approximate surface area is 155 Å². The van der Waals surface area contributed by atoms with Crippen LogP contribution in [-0.2, 0) is 21.1 Å². The standard InChI is InChI=1S/C17H17N3O4S2/c1-11(2)26(22,23)13-7-5-12(6-8-13)10-15(21)18-17-20-19-16(24-17)14-4-3-9-25-14/h3-9,11H,10H2,1-2H3,(H,18,20,21). The van der Waals surface area contributed by atoms with Gasteiger partial charge in [-0.1, -0.05) is 23.3 Å². The molecule has 0 spiro atoms. The number of hydrogen-bond acceptors (Lipinski definition) is 7. The fraction of sp³-hybridized carbons (Fsp3) is 0.235. The lowest BCUT2D eigenvalue weighted by Crippen LogP contribution is -2.16. The second-order valence-electron chi connectivity index (χ2n) is 5.85. The molecule has 0 radical (unpaired) electrons. The van der Waals surface area contributed by atoms with Crippen molar-refractivity contribution in [2.24, 2.45) is 0 Å². The van der Waals surface area contributed by atoms with Gasteiger partial charge in [-0.05, 0) is 43.0 Å². The highest BCUT2D eigenvalue weighted by atomic mass is 32.2. The maximum Gasteiger partial charge on any atom is 0.322 e. The number of benzene rings is 1. The van der Waals surface area contributed by atoms with E-state index in [1.807, 2.05) is 17.5 Å². The van der Waals surface area contributed by atoms with Gasteiger partial charge in [0.2, 0.25) is 5.91 Å². The van der Waals surface area contributed by atoms with Crippen molar-refractivity contribution in [1.82, 2.24) is 10.2 Å². The topological polar surface area (TPSA) is 102 Å². The molecule has 0 aliphatic carbocycles. The Morgan fingerprint density at radius 1 is 1.19 bits per heavy atom. The van der Waals surface area contributed by atoms with Crippen LogP contribution < -0.4 is 5.32 Å². The SMILES string of the molecule is CC(C)S(=O)(=O)c1ccc(CC(=O)Nc2nnc(-c3cccs3)o2)cc1. The van der Waals surface area contributed by atoms with Gasteiger partial charge in [-0.2, -0.15) is 0 Å². The number of anilines is 1. The molecule has 9 heteroatoms. The van der Waals surface area contributed by atoms with Crippen molar-refractivity contribution in [3.63, 3.8) is 0 Å². The first-order valence-corrected chi connectivity index (χ1v) is 10.3. The van der Waals surface area contributed by atoms with Gasteiger partial charge in [0.15, 0.2) is 9.84 Å². The van der Waals surface area contributed by atoms with Gasteiger partial charge in [0.05, 0.1) is 21.4 Å². The van der Waals surface area contributed by atoms with Crippen LogP contribution in [0.25, 0.3) is 10.8 Å². The number of thiophene rings is 1. The van der Waals surface area contributed by atoms with E-state index in [0.717, 1.165) is 4.88 Å². The number of rotatable bonds is 6. The molecule has 0 bridgehead atoms. The summed E-state index contributed by atoms with van der Waals surface area (Å²) in [5.74, 6) is 0.0180. The minimum atomic E-state index is -3.32. The van der Waals surface area contributed by atoms with E-state index in [4.69, 9.17) is 4.42 Å². The number of carbonyl (C=O) groups excluding carboxylic acids is 1. The molecule has 3 rings (SSSR count). The molecule has 0 saturated carbocycles. The summed E-state index contributed by atoms with van der Waals surface area (Å²) >= 11 is 1.46. The predicted octanol–water partition coefficient (Wildman–Crippen LogP) is 3.16. The molecule has 1 amide bonds. The first-order valence-electron chi connectivity index (χ1n) is 7.86. The highest BCUT2D eigenvalue weighted by Gasteiger charge is 2.19. The van der Waals surface area contributed by atoms with Gasteiger partial charge in [0.25, 0.3) is 5.89 Å². The monoisotopic (exact) mass is 391 g/mol. The second kappa shape index (κ2) is 7.38. The Hall–Kier alpha value is -2.52. The molecule has 0 aliphatic heterocycles. The van der Waals surface area contributed by atoms with Gasteiger partial charge in [-0.15, -0.1) is 16.4 Å². The molecule has 2 heterocycles. The summed E-state index contributed by atoms with van der Waals surface area (Å²) in [4.78, 5) is 13.2. The van der Waals surface area contributed by atoms with E-state index in [0.29, 0.717) is 11.5 Å². The van der Waals surface area contributed by atoms with E-state index in [2.05, 4.69) is 15.5 Å². The van der Waals surface area contributed by atoms with E-state index in [-0.39, 0.29) is 23.2 Å². The van der Waals surface area contributed by atoms with Crippen LogP contribution in [0, 0.1) is 0 Å². The van der Waals surface area contributed by atoms with Gasteiger partial charge in [0.1, 0.15) is 0 Å². The van der Waals surface area contributed by atoms with Crippen LogP contribution in [0.4, 0.5) is 6.01 Å². The third kappa shape index (κ3) is 4.00. The summed E-state index contributed by atoms with van der Waals surface area (Å²) in [6.45, 7) is 3.26. The van der Waals surface area contributed by atoms with Crippen LogP contribution in [0.3, 0.4) is 0 Å². The second-order valence-corrected chi connectivity index (χ2v) is 9.30. The lowest BCUT2D eigenvalue weighted by molar-refractivity contribution is -0.115. The molecule has 0 aliphatic rings. The van der Waals surface area contributed by atoms with Crippen LogP contribution in [0.2, 0.25) is 0 Å². The summed E-state index contributed by atoms with van der Waals surface area (Å²) in [6, 6.07) is 10.0. The number of carbonyl (C=O) groups is 1. The van der Waals surface area contributed by atoms with E-state index < -0.39 is 15.1 Å². The van der Waals surface area contributed by atoms with Crippen LogP contribution >= 0.6 is 11.3 Å². The minimum absolute atomic E-state index is 0.0254. The zero-order valence-electron chi connectivity index (χ0n) is 14.2. The number of aromatic nitrogens is 2. The van der Waals surface area contributed by atoms with E-state index in [9.17, 15) is 13.2 Å². The third-order valence-electron chi connectivity index (χ3n) is 3.64. The Morgan fingerprint density at radius 3 is 2.54 bits per heavy atom. The molecule has 0 unspecified atom stereocenters. The molecule has 2 aromatic heterocycles. The third-order valence-corrected chi connectivity index (χ3v) is 6.67. The van der Waals surface area contributed by atoms with Crippen molar-refractivity contribution in [3.8, 4) is 10.8 Å². The van der Waals surface area contributed by atoms with E-state index in [1.54, 1.807) is 26.0 Å². The molecule has 136 valence electrons. The van der Waals surface area contributed by atoms with Crippen molar-refractivity contribution >= 4 is 33.1 Å². The largest absolute Gasteiger partial charge is 0.402 e. The van der Waals surface area contributed by atoms with Crippen molar-refractivity contribution < 1.29 is 17.6 Å². The van der Waals surface area contributed by atoms with Gasteiger partial charge in [0, 0.05) is 0 Å². The minimum Gasteiger partial charge on any atom is -0.402 e. The predicted molar refractivity (Wildman–Crippen MR) is 98.7 cm³/mol. The Balaban J connectivity index is 1.63. The van der Waals surface area contributed by atoms with Crippen molar-refractivity contribution in [2.75, 3.05) is 5.32 Å². The average molecular weight is 391 g/mol. The van der Waals surface area contributed by atoms with Gasteiger partial charge in [-0.3, -0.25) is 10.1 Å². The molecular weight excluding hydrogens is 374 g/mol. The van der Waals surface area contributed by atoms with E-state index in [1.165, 1.54) is 23.5 Å². The maximum absolute atomic E-state index is 12.1. The summed E-state index contributed by atoms with van der Waals surface area (Å²) < 4.78 is 29.6. The van der Waals surface area contributed by atoms with Crippen LogP contribution in [0.1, 0.15) is 19.4 Å². The lowest BCUT2D eigenvalue weighted by Gasteiger charge is -2.08. The molecule has 0 saturated heterocycles. The van der Waals surface area contributed by atoms with Crippen molar-refractivity contribution in [3.05, 3.63) is 47.3 Å². The van der Waals surface area contributed by atoms with Gasteiger partial charge in [-0.25, -0.2) is 8.42 Å². The zero-order valence-corrected chi connectivity index (χ0v) is 15.8. The van der Waals surface area contributed by atoms with Gasteiger partial charge >= 0.3 is 6.01 Å². The summed E-state index contributed by atoms with van der Waals surface area (Å²) in [5, 5.41) is 11.6. The van der Waals surface area contributed by atoms with E-state index >= 15 is 0 Å². The van der Waals surface area contributed by atoms with Crippen LogP contribution in [0.15, 0.2) is 51.1 Å². The first kappa shape index (κ1) is 18.3. The molecule has 0 atom stereocenters.